The van der Waals surface area contributed by atoms with Crippen molar-refractivity contribution in [2.45, 2.75) is 26.4 Å². The van der Waals surface area contributed by atoms with Crippen molar-refractivity contribution in [1.29, 1.82) is 0 Å². The van der Waals surface area contributed by atoms with Gasteiger partial charge in [0, 0.05) is 23.5 Å². The topological polar surface area (TPSA) is 54.3 Å². The van der Waals surface area contributed by atoms with Crippen LogP contribution in [-0.4, -0.2) is 18.5 Å². The molecule has 19 heavy (non-hydrogen) atoms. The summed E-state index contributed by atoms with van der Waals surface area (Å²) < 4.78 is 5.45. The molecule has 0 saturated heterocycles. The first-order valence-corrected chi connectivity index (χ1v) is 6.61. The predicted molar refractivity (Wildman–Crippen MR) is 76.2 cm³/mol. The molecule has 0 bridgehead atoms. The minimum absolute atomic E-state index is 0.0288. The molecule has 0 aliphatic carbocycles. The Hall–Kier alpha value is -1.52. The van der Waals surface area contributed by atoms with E-state index in [1.807, 2.05) is 38.1 Å². The quantitative estimate of drug-likeness (QED) is 0.885. The molecule has 2 N–H and O–H groups in total. The monoisotopic (exact) mass is 280 g/mol. The van der Waals surface area contributed by atoms with Gasteiger partial charge in [0.25, 0.3) is 0 Å². The molecule has 0 aliphatic heterocycles. The van der Waals surface area contributed by atoms with Gasteiger partial charge < -0.3 is 15.1 Å². The summed E-state index contributed by atoms with van der Waals surface area (Å²) in [4.78, 5) is 11.5. The maximum atomic E-state index is 11.5. The van der Waals surface area contributed by atoms with Crippen molar-refractivity contribution in [1.82, 2.24) is 10.6 Å². The smallest absolute Gasteiger partial charge is 0.234 e. The van der Waals surface area contributed by atoms with E-state index in [2.05, 4.69) is 10.6 Å². The maximum Gasteiger partial charge on any atom is 0.234 e. The Morgan fingerprint density at radius 3 is 2.84 bits per heavy atom. The Bertz CT molecular complexity index is 578. The highest BCUT2D eigenvalue weighted by molar-refractivity contribution is 6.30. The van der Waals surface area contributed by atoms with E-state index in [0.29, 0.717) is 11.8 Å². The van der Waals surface area contributed by atoms with Crippen molar-refractivity contribution in [2.75, 3.05) is 6.54 Å². The van der Waals surface area contributed by atoms with Crippen LogP contribution >= 0.6 is 11.6 Å². The van der Waals surface area contributed by atoms with Crippen LogP contribution < -0.4 is 10.6 Å². The molecule has 0 aliphatic rings. The molecule has 0 atom stereocenters. The second kappa shape index (κ2) is 6.08. The zero-order valence-corrected chi connectivity index (χ0v) is 11.8. The highest BCUT2D eigenvalue weighted by Crippen LogP contribution is 2.29. The van der Waals surface area contributed by atoms with Gasteiger partial charge in [0.15, 0.2) is 5.22 Å². The Morgan fingerprint density at radius 1 is 1.37 bits per heavy atom. The summed E-state index contributed by atoms with van der Waals surface area (Å²) in [6, 6.07) is 7.80. The zero-order valence-electron chi connectivity index (χ0n) is 11.0. The molecule has 0 radical (unpaired) electrons. The molecule has 102 valence electrons. The summed E-state index contributed by atoms with van der Waals surface area (Å²) in [5, 5.41) is 7.24. The molecule has 0 saturated carbocycles. The van der Waals surface area contributed by atoms with Gasteiger partial charge in [-0.1, -0.05) is 18.2 Å². The molecular weight excluding hydrogens is 264 g/mol. The van der Waals surface area contributed by atoms with Crippen LogP contribution in [0.5, 0.6) is 0 Å². The first-order valence-electron chi connectivity index (χ1n) is 6.24. The number of furan rings is 1. The fourth-order valence-corrected chi connectivity index (χ4v) is 2.16. The van der Waals surface area contributed by atoms with Gasteiger partial charge in [-0.05, 0) is 31.5 Å². The zero-order chi connectivity index (χ0) is 13.8. The minimum atomic E-state index is -0.0288. The van der Waals surface area contributed by atoms with Crippen LogP contribution in [0.3, 0.4) is 0 Å². The summed E-state index contributed by atoms with van der Waals surface area (Å²) in [5.41, 5.74) is 1.64. The average molecular weight is 281 g/mol. The van der Waals surface area contributed by atoms with E-state index in [-0.39, 0.29) is 18.5 Å². The lowest BCUT2D eigenvalue weighted by Gasteiger charge is -2.08. The number of carbonyl (C=O) groups excluding carboxylic acids is 1. The van der Waals surface area contributed by atoms with Gasteiger partial charge in [0.05, 0.1) is 6.54 Å². The molecule has 0 fully saturated rings. The largest absolute Gasteiger partial charge is 0.444 e. The van der Waals surface area contributed by atoms with E-state index in [1.165, 1.54) is 0 Å². The molecule has 0 unspecified atom stereocenters. The summed E-state index contributed by atoms with van der Waals surface area (Å²) in [6.45, 7) is 4.62. The number of rotatable bonds is 5. The number of hydrogen-bond donors (Lipinski definition) is 2. The second-order valence-corrected chi connectivity index (χ2v) is 5.02. The third-order valence-electron chi connectivity index (χ3n) is 2.69. The van der Waals surface area contributed by atoms with Gasteiger partial charge in [0.1, 0.15) is 5.58 Å². The van der Waals surface area contributed by atoms with Gasteiger partial charge in [-0.25, -0.2) is 0 Å². The average Bonchev–Trinajstić information content (AvgIpc) is 2.65. The Balaban J connectivity index is 1.98. The first kappa shape index (κ1) is 13.9. The molecule has 4 nitrogen and oxygen atoms in total. The van der Waals surface area contributed by atoms with E-state index in [1.54, 1.807) is 0 Å². The predicted octanol–water partition coefficient (Wildman–Crippen LogP) is 2.70. The number of carbonyl (C=O) groups is 1. The van der Waals surface area contributed by atoms with E-state index in [9.17, 15) is 4.79 Å². The summed E-state index contributed by atoms with van der Waals surface area (Å²) in [5.74, 6) is -0.0288. The van der Waals surface area contributed by atoms with Crippen LogP contribution in [0, 0.1) is 0 Å². The number of amides is 1. The second-order valence-electron chi connectivity index (χ2n) is 4.68. The molecule has 1 aromatic carbocycles. The van der Waals surface area contributed by atoms with Crippen molar-refractivity contribution in [3.63, 3.8) is 0 Å². The van der Waals surface area contributed by atoms with Crippen LogP contribution in [-0.2, 0) is 11.3 Å². The van der Waals surface area contributed by atoms with Crippen LogP contribution in [0.1, 0.15) is 19.4 Å². The molecule has 0 spiro atoms. The number of benzene rings is 1. The molecule has 5 heteroatoms. The van der Waals surface area contributed by atoms with Gasteiger partial charge in [-0.2, -0.15) is 0 Å². The first-order chi connectivity index (χ1) is 9.08. The highest BCUT2D eigenvalue weighted by atomic mass is 35.5. The van der Waals surface area contributed by atoms with Crippen LogP contribution in [0.2, 0.25) is 5.22 Å². The molecular formula is C14H17ClN2O2. The number of hydrogen-bond acceptors (Lipinski definition) is 3. The van der Waals surface area contributed by atoms with Crippen LogP contribution in [0.15, 0.2) is 28.7 Å². The fraction of sp³-hybridized carbons (Fsp3) is 0.357. The Labute approximate surface area is 117 Å². The van der Waals surface area contributed by atoms with Crippen LogP contribution in [0.4, 0.5) is 0 Å². The van der Waals surface area contributed by atoms with Crippen molar-refractivity contribution in [3.8, 4) is 0 Å². The normalized spacial score (nSPS) is 11.2. The number of fused-ring (bicyclic) bond motifs is 1. The van der Waals surface area contributed by atoms with Gasteiger partial charge in [-0.15, -0.1) is 0 Å². The van der Waals surface area contributed by atoms with E-state index in [0.717, 1.165) is 16.5 Å². The third-order valence-corrected chi connectivity index (χ3v) is 2.99. The molecule has 2 aromatic rings. The van der Waals surface area contributed by atoms with Gasteiger partial charge in [-0.3, -0.25) is 4.79 Å². The van der Waals surface area contributed by atoms with Crippen molar-refractivity contribution < 1.29 is 9.21 Å². The van der Waals surface area contributed by atoms with Crippen molar-refractivity contribution >= 4 is 28.5 Å². The Kier molecular flexibility index (Phi) is 4.45. The lowest BCUT2D eigenvalue weighted by Crippen LogP contribution is -2.37. The SMILES string of the molecule is CC(C)NC(=O)CNCc1c(Cl)oc2ccccc12. The molecule has 1 amide bonds. The van der Waals surface area contributed by atoms with Crippen LogP contribution in [0.25, 0.3) is 11.0 Å². The van der Waals surface area contributed by atoms with Crippen molar-refractivity contribution in [3.05, 3.63) is 35.0 Å². The summed E-state index contributed by atoms with van der Waals surface area (Å²) in [7, 11) is 0. The van der Waals surface area contributed by atoms with E-state index >= 15 is 0 Å². The number of halogens is 1. The van der Waals surface area contributed by atoms with Crippen molar-refractivity contribution in [2.24, 2.45) is 0 Å². The summed E-state index contributed by atoms with van der Waals surface area (Å²) >= 11 is 6.06. The van der Waals surface area contributed by atoms with Gasteiger partial charge in [0.2, 0.25) is 5.91 Å². The molecule has 1 heterocycles. The highest BCUT2D eigenvalue weighted by Gasteiger charge is 2.12. The Morgan fingerprint density at radius 2 is 2.11 bits per heavy atom. The standard InChI is InChI=1S/C14H17ClN2O2/c1-9(2)17-13(18)8-16-7-11-10-5-3-4-6-12(10)19-14(11)15/h3-6,9,16H,7-8H2,1-2H3,(H,17,18). The lowest BCUT2D eigenvalue weighted by atomic mass is 10.2. The number of para-hydroxylation sites is 1. The maximum absolute atomic E-state index is 11.5. The fourth-order valence-electron chi connectivity index (χ4n) is 1.91. The van der Waals surface area contributed by atoms with E-state index in [4.69, 9.17) is 16.0 Å². The number of nitrogens with one attached hydrogen (secondary N) is 2. The third kappa shape index (κ3) is 3.49. The lowest BCUT2D eigenvalue weighted by molar-refractivity contribution is -0.120. The molecule has 2 rings (SSSR count). The minimum Gasteiger partial charge on any atom is -0.444 e. The molecule has 1 aromatic heterocycles. The van der Waals surface area contributed by atoms with E-state index < -0.39 is 0 Å². The van der Waals surface area contributed by atoms with Gasteiger partial charge >= 0.3 is 0 Å². The summed E-state index contributed by atoms with van der Waals surface area (Å²) in [6.07, 6.45) is 0.